The number of hydrogen-bond acceptors (Lipinski definition) is 8. The number of H-pyrrole nitrogens is 1. The Morgan fingerprint density at radius 2 is 1.97 bits per heavy atom. The Hall–Kier alpha value is -3.48. The second-order valence-electron chi connectivity index (χ2n) is 10.00. The number of piperidine rings is 1. The van der Waals surface area contributed by atoms with Crippen LogP contribution in [0.4, 0.5) is 0 Å². The molecule has 0 aliphatic carbocycles. The van der Waals surface area contributed by atoms with Gasteiger partial charge in [-0.15, -0.1) is 0 Å². The van der Waals surface area contributed by atoms with E-state index in [0.29, 0.717) is 30.6 Å². The lowest BCUT2D eigenvalue weighted by Crippen LogP contribution is -2.41. The first-order valence-electron chi connectivity index (χ1n) is 12.8. The molecule has 186 valence electrons. The van der Waals surface area contributed by atoms with Gasteiger partial charge >= 0.3 is 0 Å². The summed E-state index contributed by atoms with van der Waals surface area (Å²) < 4.78 is 11.6. The SMILES string of the molecule is CN1CCC(N2CC(c3cnc4[nH]cc(-c5ccc(OC6CCOCC6)c(C#N)c5)c4c3)N=N2)CC1. The fourth-order valence-corrected chi connectivity index (χ4v) is 5.37. The van der Waals surface area contributed by atoms with Gasteiger partial charge in [-0.25, -0.2) is 4.98 Å². The highest BCUT2D eigenvalue weighted by atomic mass is 16.5. The molecule has 0 amide bonds. The van der Waals surface area contributed by atoms with Crippen molar-refractivity contribution >= 4 is 11.0 Å². The number of ether oxygens (including phenoxy) is 2. The van der Waals surface area contributed by atoms with Crippen LogP contribution >= 0.6 is 0 Å². The van der Waals surface area contributed by atoms with Crippen LogP contribution in [0.1, 0.15) is 42.9 Å². The van der Waals surface area contributed by atoms with Crippen molar-refractivity contribution < 1.29 is 9.47 Å². The summed E-state index contributed by atoms with van der Waals surface area (Å²) in [7, 11) is 2.17. The molecule has 2 aromatic heterocycles. The van der Waals surface area contributed by atoms with Crippen molar-refractivity contribution in [3.63, 3.8) is 0 Å². The van der Waals surface area contributed by atoms with Crippen LogP contribution in [0.3, 0.4) is 0 Å². The number of nitrogens with one attached hydrogen (secondary N) is 1. The minimum atomic E-state index is -0.0192. The number of aromatic nitrogens is 2. The first kappa shape index (κ1) is 23.0. The molecule has 0 radical (unpaired) electrons. The molecule has 3 aliphatic rings. The summed E-state index contributed by atoms with van der Waals surface area (Å²) in [5, 5.41) is 22.1. The molecule has 5 heterocycles. The van der Waals surface area contributed by atoms with Gasteiger partial charge < -0.3 is 19.4 Å². The van der Waals surface area contributed by atoms with E-state index in [2.05, 4.69) is 49.4 Å². The Balaban J connectivity index is 1.23. The maximum absolute atomic E-state index is 9.81. The minimum Gasteiger partial charge on any atom is -0.489 e. The summed E-state index contributed by atoms with van der Waals surface area (Å²) in [5.74, 6) is 0.632. The molecule has 9 nitrogen and oxygen atoms in total. The fraction of sp³-hybridized carbons (Fsp3) is 0.481. The van der Waals surface area contributed by atoms with Gasteiger partial charge in [0.25, 0.3) is 0 Å². The first-order valence-corrected chi connectivity index (χ1v) is 12.8. The number of nitriles is 1. The zero-order valence-corrected chi connectivity index (χ0v) is 20.6. The highest BCUT2D eigenvalue weighted by Crippen LogP contribution is 2.35. The molecule has 1 N–H and O–H groups in total. The molecular formula is C27H31N7O2. The van der Waals surface area contributed by atoms with Crippen LogP contribution in [-0.4, -0.2) is 71.9 Å². The van der Waals surface area contributed by atoms with Gasteiger partial charge in [0, 0.05) is 36.2 Å². The quantitative estimate of drug-likeness (QED) is 0.572. The number of aromatic amines is 1. The Morgan fingerprint density at radius 1 is 1.14 bits per heavy atom. The molecule has 2 fully saturated rings. The van der Waals surface area contributed by atoms with E-state index in [4.69, 9.17) is 9.47 Å². The summed E-state index contributed by atoms with van der Waals surface area (Å²) >= 11 is 0. The standard InChI is InChI=1S/C27H31N7O2/c1-33-8-4-21(5-9-33)34-17-25(31-32-34)20-13-23-24(16-30-27(23)29-15-20)18-2-3-26(19(12-18)14-28)36-22-6-10-35-11-7-22/h2-3,12-13,15-16,21-22,25H,4-11,17H2,1H3,(H,29,30). The second-order valence-corrected chi connectivity index (χ2v) is 10.00. The molecular weight excluding hydrogens is 454 g/mol. The molecule has 1 aromatic carbocycles. The number of likely N-dealkylation sites (tertiary alicyclic amines) is 1. The normalized spacial score (nSPS) is 21.8. The van der Waals surface area contributed by atoms with Gasteiger partial charge in [-0.1, -0.05) is 11.3 Å². The first-order chi connectivity index (χ1) is 17.7. The number of fused-ring (bicyclic) bond motifs is 1. The molecule has 0 bridgehead atoms. The van der Waals surface area contributed by atoms with E-state index in [1.807, 2.05) is 30.6 Å². The van der Waals surface area contributed by atoms with Crippen molar-refractivity contribution in [1.82, 2.24) is 19.9 Å². The molecule has 3 aromatic rings. The van der Waals surface area contributed by atoms with E-state index in [-0.39, 0.29) is 12.1 Å². The van der Waals surface area contributed by atoms with Crippen LogP contribution in [0, 0.1) is 11.3 Å². The van der Waals surface area contributed by atoms with Crippen LogP contribution < -0.4 is 4.74 Å². The molecule has 9 heteroatoms. The third-order valence-corrected chi connectivity index (χ3v) is 7.59. The fourth-order valence-electron chi connectivity index (χ4n) is 5.37. The molecule has 0 saturated carbocycles. The van der Waals surface area contributed by atoms with Gasteiger partial charge in [0.1, 0.15) is 29.6 Å². The van der Waals surface area contributed by atoms with E-state index < -0.39 is 0 Å². The molecule has 3 aliphatic heterocycles. The summed E-state index contributed by atoms with van der Waals surface area (Å²) in [6.07, 6.45) is 7.88. The van der Waals surface area contributed by atoms with Gasteiger partial charge in [0.2, 0.25) is 0 Å². The Morgan fingerprint density at radius 3 is 2.78 bits per heavy atom. The van der Waals surface area contributed by atoms with E-state index in [9.17, 15) is 5.26 Å². The average Bonchev–Trinajstić information content (AvgIpc) is 3.57. The summed E-state index contributed by atoms with van der Waals surface area (Å²) in [5.41, 5.74) is 4.38. The van der Waals surface area contributed by atoms with Crippen molar-refractivity contribution in [2.45, 2.75) is 43.9 Å². The Labute approximate surface area is 210 Å². The lowest BCUT2D eigenvalue weighted by Gasteiger charge is -2.33. The Bertz CT molecular complexity index is 1300. The number of rotatable bonds is 5. The molecule has 1 atom stereocenters. The van der Waals surface area contributed by atoms with Gasteiger partial charge in [-0.3, -0.25) is 5.01 Å². The minimum absolute atomic E-state index is 0.0192. The predicted octanol–water partition coefficient (Wildman–Crippen LogP) is 4.48. The summed E-state index contributed by atoms with van der Waals surface area (Å²) in [6, 6.07) is 10.7. The third-order valence-electron chi connectivity index (χ3n) is 7.59. The van der Waals surface area contributed by atoms with Crippen molar-refractivity contribution in [2.24, 2.45) is 10.3 Å². The van der Waals surface area contributed by atoms with E-state index >= 15 is 0 Å². The zero-order chi connectivity index (χ0) is 24.5. The molecule has 1 unspecified atom stereocenters. The van der Waals surface area contributed by atoms with Gasteiger partial charge in [-0.05, 0) is 62.3 Å². The highest BCUT2D eigenvalue weighted by Gasteiger charge is 2.29. The van der Waals surface area contributed by atoms with Gasteiger partial charge in [0.15, 0.2) is 0 Å². The number of nitrogens with zero attached hydrogens (tertiary/aromatic N) is 6. The molecule has 36 heavy (non-hydrogen) atoms. The predicted molar refractivity (Wildman–Crippen MR) is 136 cm³/mol. The van der Waals surface area contributed by atoms with Crippen molar-refractivity contribution in [2.75, 3.05) is 39.9 Å². The monoisotopic (exact) mass is 485 g/mol. The summed E-state index contributed by atoms with van der Waals surface area (Å²) in [6.45, 7) is 4.39. The van der Waals surface area contributed by atoms with Gasteiger partial charge in [0.05, 0.1) is 31.4 Å². The van der Waals surface area contributed by atoms with Crippen molar-refractivity contribution in [3.8, 4) is 22.9 Å². The maximum atomic E-state index is 9.81. The number of benzene rings is 1. The Kier molecular flexibility index (Phi) is 6.30. The topological polar surface area (TPSA) is 102 Å². The van der Waals surface area contributed by atoms with Crippen molar-refractivity contribution in [3.05, 3.63) is 47.8 Å². The molecule has 6 rings (SSSR count). The summed E-state index contributed by atoms with van der Waals surface area (Å²) in [4.78, 5) is 10.3. The van der Waals surface area contributed by atoms with Crippen LogP contribution in [0.15, 0.2) is 47.0 Å². The second kappa shape index (κ2) is 9.88. The lowest BCUT2D eigenvalue weighted by molar-refractivity contribution is 0.0254. The third kappa shape index (κ3) is 4.54. The number of hydrogen-bond donors (Lipinski definition) is 1. The highest BCUT2D eigenvalue weighted by molar-refractivity contribution is 5.94. The van der Waals surface area contributed by atoms with Crippen LogP contribution in [0.2, 0.25) is 0 Å². The zero-order valence-electron chi connectivity index (χ0n) is 20.6. The smallest absolute Gasteiger partial charge is 0.137 e. The van der Waals surface area contributed by atoms with Crippen LogP contribution in [-0.2, 0) is 4.74 Å². The van der Waals surface area contributed by atoms with Gasteiger partial charge in [-0.2, -0.15) is 10.4 Å². The van der Waals surface area contributed by atoms with Crippen LogP contribution in [0.5, 0.6) is 5.75 Å². The average molecular weight is 486 g/mol. The number of pyridine rings is 1. The molecule has 2 saturated heterocycles. The molecule has 0 spiro atoms. The lowest BCUT2D eigenvalue weighted by atomic mass is 10.0. The van der Waals surface area contributed by atoms with E-state index in [1.165, 1.54) is 0 Å². The van der Waals surface area contributed by atoms with Crippen LogP contribution in [0.25, 0.3) is 22.2 Å². The largest absolute Gasteiger partial charge is 0.489 e. The van der Waals surface area contributed by atoms with E-state index in [0.717, 1.165) is 73.0 Å². The van der Waals surface area contributed by atoms with Crippen molar-refractivity contribution in [1.29, 1.82) is 5.26 Å². The maximum Gasteiger partial charge on any atom is 0.137 e. The van der Waals surface area contributed by atoms with E-state index in [1.54, 1.807) is 0 Å².